The summed E-state index contributed by atoms with van der Waals surface area (Å²) >= 11 is 0. The van der Waals surface area contributed by atoms with Crippen LogP contribution in [0.4, 0.5) is 0 Å². The summed E-state index contributed by atoms with van der Waals surface area (Å²) in [6.07, 6.45) is 43.6. The highest BCUT2D eigenvalue weighted by atomic mass is 31.2. The van der Waals surface area contributed by atoms with Crippen molar-refractivity contribution in [3.63, 3.8) is 0 Å². The molecule has 0 rings (SSSR count). The molecular formula is C43H72NO9P. The van der Waals surface area contributed by atoms with Gasteiger partial charge in [0.1, 0.15) is 6.61 Å². The Labute approximate surface area is 326 Å². The van der Waals surface area contributed by atoms with Gasteiger partial charge in [-0.25, -0.2) is 4.57 Å². The number of nitrogens with two attached hydrogens (primary N) is 1. The van der Waals surface area contributed by atoms with Gasteiger partial charge in [-0.3, -0.25) is 18.6 Å². The lowest BCUT2D eigenvalue weighted by molar-refractivity contribution is -0.161. The van der Waals surface area contributed by atoms with Crippen molar-refractivity contribution in [2.24, 2.45) is 5.73 Å². The second-order valence-electron chi connectivity index (χ2n) is 13.0. The molecule has 0 bridgehead atoms. The minimum absolute atomic E-state index is 0.0276. The Balaban J connectivity index is 4.41. The number of allylic oxidation sites excluding steroid dienone is 12. The van der Waals surface area contributed by atoms with Crippen LogP contribution in [0.15, 0.2) is 85.1 Å². The molecule has 0 amide bonds. The van der Waals surface area contributed by atoms with Crippen LogP contribution in [0, 0.1) is 0 Å². The number of phosphoric ester groups is 1. The molecule has 0 saturated carbocycles. The molecule has 0 spiro atoms. The molecule has 0 aliphatic carbocycles. The molecule has 0 radical (unpaired) electrons. The van der Waals surface area contributed by atoms with Gasteiger partial charge in [-0.15, -0.1) is 0 Å². The Hall–Kier alpha value is -2.85. The van der Waals surface area contributed by atoms with E-state index in [4.69, 9.17) is 24.3 Å². The molecule has 11 heteroatoms. The number of aliphatic hydroxyl groups is 1. The predicted octanol–water partition coefficient (Wildman–Crippen LogP) is 10.2. The van der Waals surface area contributed by atoms with E-state index in [0.717, 1.165) is 51.4 Å². The predicted molar refractivity (Wildman–Crippen MR) is 221 cm³/mol. The molecule has 308 valence electrons. The number of hydrogen-bond donors (Lipinski definition) is 3. The number of carbonyl (C=O) groups excluding carboxylic acids is 2. The lowest BCUT2D eigenvalue weighted by atomic mass is 10.1. The van der Waals surface area contributed by atoms with Gasteiger partial charge < -0.3 is 25.2 Å². The molecule has 0 heterocycles. The van der Waals surface area contributed by atoms with Gasteiger partial charge in [0.05, 0.1) is 19.3 Å². The van der Waals surface area contributed by atoms with E-state index in [2.05, 4.69) is 50.3 Å². The van der Waals surface area contributed by atoms with Gasteiger partial charge in [0.25, 0.3) is 0 Å². The minimum Gasteiger partial charge on any atom is -0.462 e. The fourth-order valence-electron chi connectivity index (χ4n) is 4.84. The van der Waals surface area contributed by atoms with E-state index in [0.29, 0.717) is 32.1 Å². The zero-order chi connectivity index (χ0) is 39.8. The van der Waals surface area contributed by atoms with E-state index >= 15 is 0 Å². The molecule has 0 aliphatic heterocycles. The Morgan fingerprint density at radius 2 is 1.26 bits per heavy atom. The molecule has 3 atom stereocenters. The van der Waals surface area contributed by atoms with Crippen molar-refractivity contribution >= 4 is 19.8 Å². The van der Waals surface area contributed by atoms with Gasteiger partial charge in [-0.2, -0.15) is 0 Å². The molecular weight excluding hydrogens is 705 g/mol. The topological polar surface area (TPSA) is 155 Å². The van der Waals surface area contributed by atoms with E-state index in [9.17, 15) is 24.2 Å². The summed E-state index contributed by atoms with van der Waals surface area (Å²) in [6.45, 7) is 3.38. The number of rotatable bonds is 36. The highest BCUT2D eigenvalue weighted by Gasteiger charge is 2.25. The van der Waals surface area contributed by atoms with Gasteiger partial charge in [-0.05, 0) is 77.0 Å². The van der Waals surface area contributed by atoms with E-state index in [1.807, 2.05) is 42.5 Å². The third kappa shape index (κ3) is 37.5. The van der Waals surface area contributed by atoms with Gasteiger partial charge >= 0.3 is 19.8 Å². The van der Waals surface area contributed by atoms with Gasteiger partial charge in [-0.1, -0.05) is 131 Å². The van der Waals surface area contributed by atoms with Crippen LogP contribution in [0.2, 0.25) is 0 Å². The van der Waals surface area contributed by atoms with Crippen LogP contribution < -0.4 is 5.73 Å². The molecule has 10 nitrogen and oxygen atoms in total. The quantitative estimate of drug-likeness (QED) is 0.0184. The van der Waals surface area contributed by atoms with Crippen molar-refractivity contribution in [2.45, 2.75) is 148 Å². The number of aliphatic hydroxyl groups excluding tert-OH is 1. The molecule has 0 aromatic rings. The Morgan fingerprint density at radius 3 is 1.94 bits per heavy atom. The summed E-state index contributed by atoms with van der Waals surface area (Å²) in [5.74, 6) is -0.962. The maximum atomic E-state index is 12.5. The zero-order valence-corrected chi connectivity index (χ0v) is 34.2. The van der Waals surface area contributed by atoms with Crippen molar-refractivity contribution in [2.75, 3.05) is 26.4 Å². The first-order chi connectivity index (χ1) is 26.2. The van der Waals surface area contributed by atoms with Crippen LogP contribution in [-0.2, 0) is 32.7 Å². The van der Waals surface area contributed by atoms with Crippen LogP contribution in [0.25, 0.3) is 0 Å². The van der Waals surface area contributed by atoms with Crippen LogP contribution in [0.1, 0.15) is 136 Å². The smallest absolute Gasteiger partial charge is 0.462 e. The fourth-order valence-corrected chi connectivity index (χ4v) is 5.61. The monoisotopic (exact) mass is 777 g/mol. The van der Waals surface area contributed by atoms with Crippen LogP contribution in [-0.4, -0.2) is 60.5 Å². The van der Waals surface area contributed by atoms with Crippen molar-refractivity contribution < 1.29 is 42.7 Å². The van der Waals surface area contributed by atoms with Crippen LogP contribution in [0.5, 0.6) is 0 Å². The first kappa shape index (κ1) is 51.1. The van der Waals surface area contributed by atoms with Crippen molar-refractivity contribution in [3.05, 3.63) is 85.1 Å². The number of unbranched alkanes of at least 4 members (excludes halogenated alkanes) is 9. The highest BCUT2D eigenvalue weighted by Crippen LogP contribution is 2.43. The van der Waals surface area contributed by atoms with Gasteiger partial charge in [0, 0.05) is 19.4 Å². The summed E-state index contributed by atoms with van der Waals surface area (Å²) in [6, 6.07) is 0. The number of esters is 2. The standard InChI is InChI=1S/C43H72NO9P/c1-3-5-7-9-11-12-13-14-15-16-17-18-22-26-30-34-42(46)50-38-41(39-52-54(48,49)51-37-36-44)53-43(47)35-31-27-23-20-19-21-25-29-33-40(45)32-28-24-10-8-6-4-2/h6,8,11-12,14-15,20-21,23-25,28-29,33,40-41,45H,3-5,7,9-10,13,16-19,22,26-27,30-32,34-39,44H2,1-2H3,(H,48,49)/b8-6-,12-11-,15-14-,23-20-,25-21-,28-24-,33-29+/t40?,41-/m1/s1. The number of phosphoric acid groups is 1. The molecule has 2 unspecified atom stereocenters. The number of carbonyl (C=O) groups is 2. The lowest BCUT2D eigenvalue weighted by Crippen LogP contribution is -2.29. The lowest BCUT2D eigenvalue weighted by Gasteiger charge is -2.19. The minimum atomic E-state index is -4.41. The molecule has 0 aromatic heterocycles. The van der Waals surface area contributed by atoms with Crippen molar-refractivity contribution in [1.29, 1.82) is 0 Å². The molecule has 0 aromatic carbocycles. The van der Waals surface area contributed by atoms with E-state index < -0.39 is 38.6 Å². The second kappa shape index (κ2) is 38.4. The third-order valence-corrected chi connectivity index (χ3v) is 8.83. The number of hydrogen-bond acceptors (Lipinski definition) is 9. The Morgan fingerprint density at radius 1 is 0.667 bits per heavy atom. The average molecular weight is 778 g/mol. The molecule has 0 fully saturated rings. The maximum absolute atomic E-state index is 12.5. The summed E-state index contributed by atoms with van der Waals surface area (Å²) in [7, 11) is -4.41. The fraction of sp³-hybridized carbons (Fsp3) is 0.628. The summed E-state index contributed by atoms with van der Waals surface area (Å²) in [4.78, 5) is 34.8. The first-order valence-corrected chi connectivity index (χ1v) is 21.7. The normalized spacial score (nSPS) is 14.8. The Bertz CT molecular complexity index is 1180. The van der Waals surface area contributed by atoms with Crippen molar-refractivity contribution in [1.82, 2.24) is 0 Å². The zero-order valence-electron chi connectivity index (χ0n) is 33.3. The van der Waals surface area contributed by atoms with Crippen LogP contribution in [0.3, 0.4) is 0 Å². The average Bonchev–Trinajstić information content (AvgIpc) is 3.15. The first-order valence-electron chi connectivity index (χ1n) is 20.2. The number of ether oxygens (including phenoxy) is 2. The molecule has 0 saturated heterocycles. The Kier molecular flexibility index (Phi) is 36.4. The summed E-state index contributed by atoms with van der Waals surface area (Å²) in [5, 5.41) is 10.0. The molecule has 0 aliphatic rings. The maximum Gasteiger partial charge on any atom is 0.472 e. The second-order valence-corrected chi connectivity index (χ2v) is 14.4. The van der Waals surface area contributed by atoms with Crippen LogP contribution >= 0.6 is 7.82 Å². The SMILES string of the molecule is CC/C=C\C/C=C\CC(O)/C=C/C=C\C/C=C\CCCC(=O)O[C@H](COC(=O)CCCCCCC/C=C\C/C=C\CCCCC)COP(=O)(O)OCCN. The molecule has 54 heavy (non-hydrogen) atoms. The van der Waals surface area contributed by atoms with Gasteiger partial charge in [0.15, 0.2) is 6.10 Å². The summed E-state index contributed by atoms with van der Waals surface area (Å²) in [5.41, 5.74) is 5.33. The summed E-state index contributed by atoms with van der Waals surface area (Å²) < 4.78 is 32.6. The van der Waals surface area contributed by atoms with Gasteiger partial charge in [0.2, 0.25) is 0 Å². The van der Waals surface area contributed by atoms with E-state index in [-0.39, 0.29) is 32.6 Å². The third-order valence-electron chi connectivity index (χ3n) is 7.85. The largest absolute Gasteiger partial charge is 0.472 e. The van der Waals surface area contributed by atoms with E-state index in [1.165, 1.54) is 25.7 Å². The van der Waals surface area contributed by atoms with Crippen molar-refractivity contribution in [3.8, 4) is 0 Å². The highest BCUT2D eigenvalue weighted by molar-refractivity contribution is 7.47. The molecule has 4 N–H and O–H groups in total. The van der Waals surface area contributed by atoms with E-state index in [1.54, 1.807) is 6.08 Å².